The highest BCUT2D eigenvalue weighted by Gasteiger charge is 2.43. The highest BCUT2D eigenvalue weighted by molar-refractivity contribution is 5.02. The van der Waals surface area contributed by atoms with Gasteiger partial charge in [0.05, 0.1) is 26.3 Å². The molecule has 2 aliphatic heterocycles. The van der Waals surface area contributed by atoms with E-state index in [4.69, 9.17) is 14.0 Å². The fraction of sp³-hybridized carbons (Fsp3) is 0.833. The number of aromatic nitrogens is 2. The van der Waals surface area contributed by atoms with E-state index in [0.717, 1.165) is 37.8 Å². The van der Waals surface area contributed by atoms with Gasteiger partial charge in [-0.25, -0.2) is 0 Å². The third-order valence-electron chi connectivity index (χ3n) is 3.86. The van der Waals surface area contributed by atoms with Crippen LogP contribution in [-0.2, 0) is 16.0 Å². The minimum atomic E-state index is -0.358. The Balaban J connectivity index is 1.39. The molecule has 0 bridgehead atoms. The van der Waals surface area contributed by atoms with E-state index >= 15 is 0 Å². The summed E-state index contributed by atoms with van der Waals surface area (Å²) in [6.07, 6.45) is 3.31. The van der Waals surface area contributed by atoms with Gasteiger partial charge in [-0.2, -0.15) is 4.98 Å². The molecular weight excluding hydrogens is 234 g/mol. The zero-order chi connectivity index (χ0) is 12.0. The first kappa shape index (κ1) is 10.9. The maximum atomic E-state index is 5.69. The third-order valence-corrected chi connectivity index (χ3v) is 3.86. The minimum absolute atomic E-state index is 0.358. The van der Waals surface area contributed by atoms with Crippen molar-refractivity contribution in [2.24, 2.45) is 0 Å². The van der Waals surface area contributed by atoms with E-state index in [-0.39, 0.29) is 5.79 Å². The van der Waals surface area contributed by atoms with E-state index in [1.165, 1.54) is 12.8 Å². The number of hydrogen-bond acceptors (Lipinski definition) is 6. The summed E-state index contributed by atoms with van der Waals surface area (Å²) < 4.78 is 16.7. The Bertz CT molecular complexity index is 438. The first-order chi connectivity index (χ1) is 8.83. The van der Waals surface area contributed by atoms with E-state index in [2.05, 4.69) is 15.0 Å². The molecule has 1 aliphatic carbocycles. The number of likely N-dealkylation sites (tertiary alicyclic amines) is 1. The average molecular weight is 251 g/mol. The van der Waals surface area contributed by atoms with Gasteiger partial charge in [0.2, 0.25) is 5.89 Å². The fourth-order valence-electron chi connectivity index (χ4n) is 2.72. The smallest absolute Gasteiger partial charge is 0.229 e. The molecule has 98 valence electrons. The Kier molecular flexibility index (Phi) is 2.43. The summed E-state index contributed by atoms with van der Waals surface area (Å²) in [6, 6.07) is 0. The van der Waals surface area contributed by atoms with Crippen molar-refractivity contribution in [3.63, 3.8) is 0 Å². The molecule has 0 radical (unpaired) electrons. The predicted molar refractivity (Wildman–Crippen MR) is 60.8 cm³/mol. The summed E-state index contributed by atoms with van der Waals surface area (Å²) in [6.45, 7) is 3.92. The van der Waals surface area contributed by atoms with Gasteiger partial charge in [0.15, 0.2) is 11.6 Å². The number of hydrogen-bond donors (Lipinski definition) is 0. The van der Waals surface area contributed by atoms with Gasteiger partial charge in [0, 0.05) is 18.9 Å². The van der Waals surface area contributed by atoms with Crippen molar-refractivity contribution in [1.29, 1.82) is 0 Å². The van der Waals surface area contributed by atoms with E-state index in [1.807, 2.05) is 0 Å². The van der Waals surface area contributed by atoms with E-state index in [1.54, 1.807) is 0 Å². The van der Waals surface area contributed by atoms with E-state index in [9.17, 15) is 0 Å². The summed E-state index contributed by atoms with van der Waals surface area (Å²) in [5, 5.41) is 4.05. The topological polar surface area (TPSA) is 60.6 Å². The Labute approximate surface area is 105 Å². The Hall–Kier alpha value is -0.980. The van der Waals surface area contributed by atoms with Crippen LogP contribution in [0, 0.1) is 0 Å². The van der Waals surface area contributed by atoms with Crippen molar-refractivity contribution in [1.82, 2.24) is 15.0 Å². The van der Waals surface area contributed by atoms with Gasteiger partial charge in [-0.1, -0.05) is 5.16 Å². The van der Waals surface area contributed by atoms with Gasteiger partial charge in [0.1, 0.15) is 0 Å². The first-order valence-corrected chi connectivity index (χ1v) is 6.66. The van der Waals surface area contributed by atoms with Gasteiger partial charge in [-0.3, -0.25) is 4.90 Å². The second-order valence-electron chi connectivity index (χ2n) is 5.39. The van der Waals surface area contributed by atoms with Crippen molar-refractivity contribution in [3.8, 4) is 0 Å². The standard InChI is InChI=1S/C12H17N3O3/c1-2-9(1)11-13-10(14-18-11)7-15-4-3-12(8-15)16-5-6-17-12/h9H,1-8H2. The molecule has 3 aliphatic rings. The number of rotatable bonds is 3. The lowest BCUT2D eigenvalue weighted by Crippen LogP contribution is -2.34. The summed E-state index contributed by atoms with van der Waals surface area (Å²) >= 11 is 0. The predicted octanol–water partition coefficient (Wildman–Crippen LogP) is 0.896. The average Bonchev–Trinajstić information content (AvgIpc) is 2.81. The molecule has 1 aromatic heterocycles. The molecule has 18 heavy (non-hydrogen) atoms. The number of nitrogens with zero attached hydrogens (tertiary/aromatic N) is 3. The van der Waals surface area contributed by atoms with E-state index < -0.39 is 0 Å². The maximum Gasteiger partial charge on any atom is 0.229 e. The lowest BCUT2D eigenvalue weighted by Gasteiger charge is -2.21. The maximum absolute atomic E-state index is 5.69. The van der Waals surface area contributed by atoms with Crippen LogP contribution in [0.25, 0.3) is 0 Å². The van der Waals surface area contributed by atoms with Crippen LogP contribution in [0.4, 0.5) is 0 Å². The van der Waals surface area contributed by atoms with Crippen LogP contribution in [0.5, 0.6) is 0 Å². The normalized spacial score (nSPS) is 27.3. The fourth-order valence-corrected chi connectivity index (χ4v) is 2.72. The van der Waals surface area contributed by atoms with Gasteiger partial charge in [-0.15, -0.1) is 0 Å². The van der Waals surface area contributed by atoms with E-state index in [0.29, 0.717) is 19.1 Å². The Morgan fingerprint density at radius 3 is 2.89 bits per heavy atom. The molecule has 0 amide bonds. The third kappa shape index (κ3) is 1.94. The van der Waals surface area contributed by atoms with Crippen molar-refractivity contribution in [2.45, 2.75) is 37.5 Å². The highest BCUT2D eigenvalue weighted by atomic mass is 16.7. The molecule has 0 N–H and O–H groups in total. The van der Waals surface area contributed by atoms with Crippen molar-refractivity contribution >= 4 is 0 Å². The zero-order valence-corrected chi connectivity index (χ0v) is 10.3. The molecule has 6 nitrogen and oxygen atoms in total. The Morgan fingerprint density at radius 2 is 2.11 bits per heavy atom. The van der Waals surface area contributed by atoms with Gasteiger partial charge >= 0.3 is 0 Å². The van der Waals surface area contributed by atoms with Gasteiger partial charge in [-0.05, 0) is 12.8 Å². The molecular formula is C12H17N3O3. The van der Waals surface area contributed by atoms with Crippen LogP contribution in [0.3, 0.4) is 0 Å². The molecule has 1 spiro atoms. The second-order valence-corrected chi connectivity index (χ2v) is 5.39. The summed E-state index contributed by atoms with van der Waals surface area (Å²) in [5.74, 6) is 1.76. The molecule has 1 saturated carbocycles. The van der Waals surface area contributed by atoms with Crippen molar-refractivity contribution in [3.05, 3.63) is 11.7 Å². The SMILES string of the molecule is C1COC2(CCN(Cc3noc(C4CC4)n3)C2)O1. The van der Waals surface area contributed by atoms with Gasteiger partial charge < -0.3 is 14.0 Å². The van der Waals surface area contributed by atoms with Crippen LogP contribution in [0.15, 0.2) is 4.52 Å². The molecule has 2 saturated heterocycles. The molecule has 6 heteroatoms. The van der Waals surface area contributed by atoms with Crippen molar-refractivity contribution in [2.75, 3.05) is 26.3 Å². The van der Waals surface area contributed by atoms with Crippen LogP contribution in [0.1, 0.15) is 36.9 Å². The lowest BCUT2D eigenvalue weighted by atomic mass is 10.2. The summed E-state index contributed by atoms with van der Waals surface area (Å²) in [7, 11) is 0. The summed E-state index contributed by atoms with van der Waals surface area (Å²) in [5.41, 5.74) is 0. The first-order valence-electron chi connectivity index (χ1n) is 6.66. The van der Waals surface area contributed by atoms with Crippen LogP contribution >= 0.6 is 0 Å². The van der Waals surface area contributed by atoms with Crippen LogP contribution in [0.2, 0.25) is 0 Å². The lowest BCUT2D eigenvalue weighted by molar-refractivity contribution is -0.145. The quantitative estimate of drug-likeness (QED) is 0.795. The molecule has 0 atom stereocenters. The monoisotopic (exact) mass is 251 g/mol. The molecule has 3 fully saturated rings. The van der Waals surface area contributed by atoms with Crippen LogP contribution in [-0.4, -0.2) is 47.1 Å². The van der Waals surface area contributed by atoms with Crippen LogP contribution < -0.4 is 0 Å². The van der Waals surface area contributed by atoms with Gasteiger partial charge in [0.25, 0.3) is 0 Å². The molecule has 0 unspecified atom stereocenters. The second kappa shape index (κ2) is 4.01. The zero-order valence-electron chi connectivity index (χ0n) is 10.3. The van der Waals surface area contributed by atoms with Crippen molar-refractivity contribution < 1.29 is 14.0 Å². The Morgan fingerprint density at radius 1 is 1.28 bits per heavy atom. The number of ether oxygens (including phenoxy) is 2. The molecule has 3 heterocycles. The minimum Gasteiger partial charge on any atom is -0.346 e. The highest BCUT2D eigenvalue weighted by Crippen LogP contribution is 2.39. The molecule has 0 aromatic carbocycles. The largest absolute Gasteiger partial charge is 0.346 e. The molecule has 1 aromatic rings. The molecule has 4 rings (SSSR count). The summed E-state index contributed by atoms with van der Waals surface area (Å²) in [4.78, 5) is 6.72.